The van der Waals surface area contributed by atoms with E-state index in [0.717, 1.165) is 30.5 Å². The molecular weight excluding hydrogens is 314 g/mol. The molecule has 3 nitrogen and oxygen atoms in total. The zero-order valence-electron chi connectivity index (χ0n) is 13.2. The summed E-state index contributed by atoms with van der Waals surface area (Å²) in [7, 11) is 4.23. The van der Waals surface area contributed by atoms with Crippen molar-refractivity contribution in [2.45, 2.75) is 26.3 Å². The van der Waals surface area contributed by atoms with Crippen molar-refractivity contribution >= 4 is 15.9 Å². The van der Waals surface area contributed by atoms with Gasteiger partial charge in [0.2, 0.25) is 0 Å². The van der Waals surface area contributed by atoms with Gasteiger partial charge in [-0.05, 0) is 51.2 Å². The fourth-order valence-electron chi connectivity index (χ4n) is 2.35. The average molecular weight is 342 g/mol. The summed E-state index contributed by atoms with van der Waals surface area (Å²) >= 11 is 3.63. The second-order valence-electron chi connectivity index (χ2n) is 5.60. The Morgan fingerprint density at radius 3 is 2.40 bits per heavy atom. The Morgan fingerprint density at radius 1 is 1.20 bits per heavy atom. The van der Waals surface area contributed by atoms with Crippen molar-refractivity contribution in [2.75, 3.05) is 40.3 Å². The van der Waals surface area contributed by atoms with Gasteiger partial charge in [-0.1, -0.05) is 35.0 Å². The molecular formula is C16H28BrN3. The number of aryl methyl sites for hydroxylation is 1. The van der Waals surface area contributed by atoms with Crippen molar-refractivity contribution in [1.82, 2.24) is 9.80 Å². The maximum absolute atomic E-state index is 6.06. The smallest absolute Gasteiger partial charge is 0.0471 e. The van der Waals surface area contributed by atoms with Gasteiger partial charge in [-0.2, -0.15) is 0 Å². The Bertz CT molecular complexity index is 407. The van der Waals surface area contributed by atoms with Gasteiger partial charge in [-0.3, -0.25) is 4.90 Å². The van der Waals surface area contributed by atoms with E-state index in [1.54, 1.807) is 0 Å². The molecule has 0 aliphatic heterocycles. The summed E-state index contributed by atoms with van der Waals surface area (Å²) in [5.41, 5.74) is 8.63. The monoisotopic (exact) mass is 341 g/mol. The van der Waals surface area contributed by atoms with Crippen LogP contribution < -0.4 is 5.73 Å². The zero-order chi connectivity index (χ0) is 15.1. The molecule has 0 bridgehead atoms. The van der Waals surface area contributed by atoms with E-state index in [4.69, 9.17) is 5.73 Å². The van der Waals surface area contributed by atoms with Gasteiger partial charge in [0.1, 0.15) is 0 Å². The molecule has 0 saturated heterocycles. The number of nitrogens with two attached hydrogens (primary N) is 1. The SMILES string of the molecule is CCCN(CCN(C)C)C(CN)c1ccc(C)c(Br)c1. The molecule has 0 heterocycles. The minimum atomic E-state index is 0.298. The van der Waals surface area contributed by atoms with Crippen LogP contribution in [-0.4, -0.2) is 50.1 Å². The summed E-state index contributed by atoms with van der Waals surface area (Å²) in [6.07, 6.45) is 1.15. The highest BCUT2D eigenvalue weighted by atomic mass is 79.9. The number of rotatable bonds is 8. The van der Waals surface area contributed by atoms with E-state index >= 15 is 0 Å². The van der Waals surface area contributed by atoms with Gasteiger partial charge >= 0.3 is 0 Å². The Morgan fingerprint density at radius 2 is 1.90 bits per heavy atom. The number of benzene rings is 1. The summed E-state index contributed by atoms with van der Waals surface area (Å²) in [6, 6.07) is 6.88. The molecule has 1 unspecified atom stereocenters. The number of likely N-dealkylation sites (N-methyl/N-ethyl adjacent to an activating group) is 1. The Labute approximate surface area is 132 Å². The predicted molar refractivity (Wildman–Crippen MR) is 91.1 cm³/mol. The van der Waals surface area contributed by atoms with E-state index in [1.165, 1.54) is 11.1 Å². The second kappa shape index (κ2) is 8.78. The van der Waals surface area contributed by atoms with Gasteiger partial charge < -0.3 is 10.6 Å². The maximum Gasteiger partial charge on any atom is 0.0471 e. The van der Waals surface area contributed by atoms with Crippen molar-refractivity contribution in [3.63, 3.8) is 0 Å². The first-order chi connectivity index (χ1) is 9.49. The highest BCUT2D eigenvalue weighted by molar-refractivity contribution is 9.10. The molecule has 0 aromatic heterocycles. The van der Waals surface area contributed by atoms with Crippen molar-refractivity contribution in [2.24, 2.45) is 5.73 Å². The van der Waals surface area contributed by atoms with Gasteiger partial charge in [0.25, 0.3) is 0 Å². The number of nitrogens with zero attached hydrogens (tertiary/aromatic N) is 2. The number of hydrogen-bond donors (Lipinski definition) is 1. The quantitative estimate of drug-likeness (QED) is 0.788. The van der Waals surface area contributed by atoms with Gasteiger partial charge in [-0.15, -0.1) is 0 Å². The molecule has 0 amide bonds. The lowest BCUT2D eigenvalue weighted by Crippen LogP contribution is -2.38. The van der Waals surface area contributed by atoms with E-state index in [0.29, 0.717) is 12.6 Å². The first kappa shape index (κ1) is 17.6. The van der Waals surface area contributed by atoms with Crippen LogP contribution in [0.2, 0.25) is 0 Å². The van der Waals surface area contributed by atoms with Gasteiger partial charge in [0.15, 0.2) is 0 Å². The molecule has 1 atom stereocenters. The normalized spacial score (nSPS) is 13.2. The van der Waals surface area contributed by atoms with Crippen molar-refractivity contribution in [3.8, 4) is 0 Å². The molecule has 114 valence electrons. The number of hydrogen-bond acceptors (Lipinski definition) is 3. The molecule has 4 heteroatoms. The van der Waals surface area contributed by atoms with E-state index in [9.17, 15) is 0 Å². The van der Waals surface area contributed by atoms with Crippen LogP contribution in [0.3, 0.4) is 0 Å². The van der Waals surface area contributed by atoms with Crippen molar-refractivity contribution in [3.05, 3.63) is 33.8 Å². The summed E-state index contributed by atoms with van der Waals surface area (Å²) in [6.45, 7) is 8.18. The molecule has 0 radical (unpaired) electrons. The summed E-state index contributed by atoms with van der Waals surface area (Å²) in [5.74, 6) is 0. The van der Waals surface area contributed by atoms with Crippen LogP contribution >= 0.6 is 15.9 Å². The molecule has 2 N–H and O–H groups in total. The van der Waals surface area contributed by atoms with Crippen LogP contribution in [-0.2, 0) is 0 Å². The predicted octanol–water partition coefficient (Wildman–Crippen LogP) is 3.03. The highest BCUT2D eigenvalue weighted by Gasteiger charge is 2.18. The van der Waals surface area contributed by atoms with Crippen LogP contribution in [0.5, 0.6) is 0 Å². The molecule has 1 aromatic rings. The van der Waals surface area contributed by atoms with Crippen LogP contribution in [0, 0.1) is 6.92 Å². The van der Waals surface area contributed by atoms with Gasteiger partial charge in [-0.25, -0.2) is 0 Å². The topological polar surface area (TPSA) is 32.5 Å². The van der Waals surface area contributed by atoms with Crippen LogP contribution in [0.15, 0.2) is 22.7 Å². The van der Waals surface area contributed by atoms with E-state index in [2.05, 4.69) is 71.9 Å². The third-order valence-corrected chi connectivity index (χ3v) is 4.44. The van der Waals surface area contributed by atoms with Gasteiger partial charge in [0.05, 0.1) is 0 Å². The fraction of sp³-hybridized carbons (Fsp3) is 0.625. The third kappa shape index (κ3) is 5.17. The second-order valence-corrected chi connectivity index (χ2v) is 6.45. The first-order valence-electron chi connectivity index (χ1n) is 7.34. The van der Waals surface area contributed by atoms with Gasteiger partial charge in [0, 0.05) is 30.1 Å². The lowest BCUT2D eigenvalue weighted by atomic mass is 10.0. The minimum absolute atomic E-state index is 0.298. The summed E-state index contributed by atoms with van der Waals surface area (Å²) in [4.78, 5) is 4.72. The van der Waals surface area contributed by atoms with E-state index in [1.807, 2.05) is 0 Å². The minimum Gasteiger partial charge on any atom is -0.329 e. The number of halogens is 1. The van der Waals surface area contributed by atoms with Crippen molar-refractivity contribution in [1.29, 1.82) is 0 Å². The average Bonchev–Trinajstić information content (AvgIpc) is 2.40. The molecule has 1 aromatic carbocycles. The van der Waals surface area contributed by atoms with Crippen LogP contribution in [0.1, 0.15) is 30.5 Å². The zero-order valence-corrected chi connectivity index (χ0v) is 14.8. The molecule has 0 aliphatic rings. The standard InChI is InChI=1S/C16H28BrN3/c1-5-8-20(10-9-19(3)4)16(12-18)14-7-6-13(2)15(17)11-14/h6-7,11,16H,5,8-10,12,18H2,1-4H3. The van der Waals surface area contributed by atoms with E-state index < -0.39 is 0 Å². The van der Waals surface area contributed by atoms with Crippen LogP contribution in [0.4, 0.5) is 0 Å². The molecule has 0 fully saturated rings. The lowest BCUT2D eigenvalue weighted by molar-refractivity contribution is 0.182. The maximum atomic E-state index is 6.06. The summed E-state index contributed by atoms with van der Waals surface area (Å²) < 4.78 is 1.16. The third-order valence-electron chi connectivity index (χ3n) is 3.59. The molecule has 0 spiro atoms. The lowest BCUT2D eigenvalue weighted by Gasteiger charge is -2.32. The van der Waals surface area contributed by atoms with Crippen molar-refractivity contribution < 1.29 is 0 Å². The van der Waals surface area contributed by atoms with E-state index in [-0.39, 0.29) is 0 Å². The highest BCUT2D eigenvalue weighted by Crippen LogP contribution is 2.25. The fourth-order valence-corrected chi connectivity index (χ4v) is 2.75. The molecule has 20 heavy (non-hydrogen) atoms. The Hall–Kier alpha value is -0.420. The molecule has 0 aliphatic carbocycles. The summed E-state index contributed by atoms with van der Waals surface area (Å²) in [5, 5.41) is 0. The van der Waals surface area contributed by atoms with Crippen LogP contribution in [0.25, 0.3) is 0 Å². The molecule has 0 saturated carbocycles. The molecule has 1 rings (SSSR count). The Balaban J connectivity index is 2.90. The Kier molecular flexibility index (Phi) is 7.74. The first-order valence-corrected chi connectivity index (χ1v) is 8.13. The largest absolute Gasteiger partial charge is 0.329 e.